The molecule has 0 saturated heterocycles. The van der Waals surface area contributed by atoms with Crippen LogP contribution in [0.4, 0.5) is 16.3 Å². The van der Waals surface area contributed by atoms with Gasteiger partial charge in [0, 0.05) is 23.8 Å². The van der Waals surface area contributed by atoms with Gasteiger partial charge in [0.15, 0.2) is 5.78 Å². The first kappa shape index (κ1) is 21.1. The largest absolute Gasteiger partial charge is 0.495 e. The molecular formula is C21H26N6O3. The summed E-state index contributed by atoms with van der Waals surface area (Å²) in [5.74, 6) is 0.430. The number of rotatable bonds is 6. The Bertz CT molecular complexity index is 1100. The van der Waals surface area contributed by atoms with Gasteiger partial charge in [-0.1, -0.05) is 0 Å². The van der Waals surface area contributed by atoms with Gasteiger partial charge in [-0.05, 0) is 45.9 Å². The minimum Gasteiger partial charge on any atom is -0.495 e. The van der Waals surface area contributed by atoms with E-state index in [1.54, 1.807) is 24.4 Å². The molecule has 0 radical (unpaired) electrons. The summed E-state index contributed by atoms with van der Waals surface area (Å²) < 4.78 is 7.21. The maximum absolute atomic E-state index is 13.4. The van der Waals surface area contributed by atoms with Gasteiger partial charge in [0.1, 0.15) is 23.5 Å². The lowest BCUT2D eigenvalue weighted by Crippen LogP contribution is -2.34. The molecule has 0 fully saturated rings. The van der Waals surface area contributed by atoms with Gasteiger partial charge in [-0.25, -0.2) is 14.8 Å². The summed E-state index contributed by atoms with van der Waals surface area (Å²) in [5.41, 5.74) is 7.84. The number of anilines is 2. The highest BCUT2D eigenvalue weighted by Crippen LogP contribution is 2.31. The summed E-state index contributed by atoms with van der Waals surface area (Å²) in [4.78, 5) is 33.9. The Morgan fingerprint density at radius 3 is 2.53 bits per heavy atom. The van der Waals surface area contributed by atoms with Crippen molar-refractivity contribution in [2.45, 2.75) is 39.8 Å². The fraction of sp³-hybridized carbons (Fsp3) is 0.333. The number of nitrogens with two attached hydrogens (primary N) is 1. The third-order valence-corrected chi connectivity index (χ3v) is 4.57. The van der Waals surface area contributed by atoms with Gasteiger partial charge in [0.25, 0.3) is 0 Å². The van der Waals surface area contributed by atoms with Crippen LogP contribution in [-0.2, 0) is 0 Å². The summed E-state index contributed by atoms with van der Waals surface area (Å²) in [5, 5.41) is 5.99. The van der Waals surface area contributed by atoms with Crippen molar-refractivity contribution in [2.75, 3.05) is 18.2 Å². The quantitative estimate of drug-likeness (QED) is 0.535. The number of ketones is 1. The Kier molecular flexibility index (Phi) is 5.91. The number of carbonyl (C=O) groups excluding carboxylic acids is 2. The maximum Gasteiger partial charge on any atom is 0.319 e. The molecule has 0 unspecified atom stereocenters. The molecule has 0 aliphatic rings. The van der Waals surface area contributed by atoms with E-state index in [0.29, 0.717) is 33.6 Å². The second-order valence-corrected chi connectivity index (χ2v) is 7.50. The second-order valence-electron chi connectivity index (χ2n) is 7.50. The number of fused-ring (bicyclic) bond motifs is 1. The number of carbonyl (C=O) groups is 2. The number of methoxy groups -OCH3 is 1. The maximum atomic E-state index is 13.4. The number of ether oxygens (including phenoxy) is 1. The highest BCUT2D eigenvalue weighted by atomic mass is 16.5. The summed E-state index contributed by atoms with van der Waals surface area (Å²) in [6.07, 6.45) is 3.12. The van der Waals surface area contributed by atoms with Crippen LogP contribution in [0.5, 0.6) is 5.75 Å². The molecule has 9 nitrogen and oxygen atoms in total. The molecule has 0 aliphatic carbocycles. The first-order valence-corrected chi connectivity index (χ1v) is 9.64. The highest BCUT2D eigenvalue weighted by Gasteiger charge is 2.22. The third kappa shape index (κ3) is 4.05. The van der Waals surface area contributed by atoms with E-state index in [9.17, 15) is 9.59 Å². The van der Waals surface area contributed by atoms with Crippen LogP contribution in [-0.4, -0.2) is 39.5 Å². The number of hydrogen-bond acceptors (Lipinski definition) is 6. The van der Waals surface area contributed by atoms with Crippen molar-refractivity contribution in [1.29, 1.82) is 0 Å². The van der Waals surface area contributed by atoms with E-state index < -0.39 is 0 Å². The highest BCUT2D eigenvalue weighted by molar-refractivity contribution is 6.18. The SMILES string of the molecule is COc1ccc(C(=O)c2cn(C(C)C)c3ncnc(N)c23)cc1NC(=O)NC(C)C. The lowest BCUT2D eigenvalue weighted by molar-refractivity contribution is 0.104. The van der Waals surface area contributed by atoms with E-state index in [1.807, 2.05) is 32.3 Å². The topological polar surface area (TPSA) is 124 Å². The zero-order valence-corrected chi connectivity index (χ0v) is 17.7. The molecule has 2 heterocycles. The van der Waals surface area contributed by atoms with Crippen molar-refractivity contribution in [3.8, 4) is 5.75 Å². The van der Waals surface area contributed by atoms with Crippen molar-refractivity contribution in [3.63, 3.8) is 0 Å². The minimum atomic E-state index is -0.387. The van der Waals surface area contributed by atoms with Gasteiger partial charge in [-0.15, -0.1) is 0 Å². The normalized spacial score (nSPS) is 11.2. The summed E-state index contributed by atoms with van der Waals surface area (Å²) in [6, 6.07) is 4.52. The predicted octanol–water partition coefficient (Wildman–Crippen LogP) is 3.36. The molecule has 0 aliphatic heterocycles. The monoisotopic (exact) mass is 410 g/mol. The van der Waals surface area contributed by atoms with Gasteiger partial charge in [-0.2, -0.15) is 0 Å². The van der Waals surface area contributed by atoms with E-state index >= 15 is 0 Å². The van der Waals surface area contributed by atoms with Crippen LogP contribution in [0.25, 0.3) is 11.0 Å². The third-order valence-electron chi connectivity index (χ3n) is 4.57. The number of nitrogen functional groups attached to an aromatic ring is 1. The predicted molar refractivity (Wildman–Crippen MR) is 116 cm³/mol. The number of amides is 2. The minimum absolute atomic E-state index is 0.0362. The molecule has 3 aromatic rings. The van der Waals surface area contributed by atoms with E-state index in [4.69, 9.17) is 10.5 Å². The van der Waals surface area contributed by atoms with Crippen LogP contribution in [0.3, 0.4) is 0 Å². The number of hydrogen-bond donors (Lipinski definition) is 3. The van der Waals surface area contributed by atoms with Crippen molar-refractivity contribution in [2.24, 2.45) is 0 Å². The van der Waals surface area contributed by atoms with Gasteiger partial charge in [-0.3, -0.25) is 4.79 Å². The van der Waals surface area contributed by atoms with E-state index in [1.165, 1.54) is 13.4 Å². The fourth-order valence-corrected chi connectivity index (χ4v) is 3.20. The van der Waals surface area contributed by atoms with Crippen LogP contribution in [0.15, 0.2) is 30.7 Å². The Balaban J connectivity index is 2.06. The number of urea groups is 1. The molecular weight excluding hydrogens is 384 g/mol. The van der Waals surface area contributed by atoms with E-state index in [2.05, 4.69) is 20.6 Å². The molecule has 0 spiro atoms. The zero-order valence-electron chi connectivity index (χ0n) is 17.7. The van der Waals surface area contributed by atoms with Crippen molar-refractivity contribution >= 4 is 34.4 Å². The fourth-order valence-electron chi connectivity index (χ4n) is 3.20. The summed E-state index contributed by atoms with van der Waals surface area (Å²) in [6.45, 7) is 7.70. The molecule has 30 heavy (non-hydrogen) atoms. The van der Waals surface area contributed by atoms with E-state index in [0.717, 1.165) is 0 Å². The standard InChI is InChI=1S/C21H26N6O3/c1-11(2)25-21(29)26-15-8-13(6-7-16(15)30-5)18(28)14-9-27(12(3)4)20-17(14)19(22)23-10-24-20/h6-12H,1-5H3,(H2,22,23,24)(H2,25,26,29). The molecule has 3 rings (SSSR count). The summed E-state index contributed by atoms with van der Waals surface area (Å²) in [7, 11) is 1.50. The van der Waals surface area contributed by atoms with Crippen LogP contribution in [0, 0.1) is 0 Å². The van der Waals surface area contributed by atoms with Crippen LogP contribution in [0.1, 0.15) is 49.7 Å². The van der Waals surface area contributed by atoms with E-state index in [-0.39, 0.29) is 29.7 Å². The molecule has 0 bridgehead atoms. The van der Waals surface area contributed by atoms with Crippen LogP contribution in [0.2, 0.25) is 0 Å². The molecule has 9 heteroatoms. The van der Waals surface area contributed by atoms with Gasteiger partial charge in [0.2, 0.25) is 0 Å². The van der Waals surface area contributed by atoms with Crippen molar-refractivity contribution in [1.82, 2.24) is 19.9 Å². The summed E-state index contributed by atoms with van der Waals surface area (Å²) >= 11 is 0. The Hall–Kier alpha value is -3.62. The number of nitrogens with zero attached hydrogens (tertiary/aromatic N) is 3. The average Bonchev–Trinajstić information content (AvgIpc) is 3.08. The molecule has 1 aromatic carbocycles. The molecule has 2 aromatic heterocycles. The van der Waals surface area contributed by atoms with Crippen molar-refractivity contribution in [3.05, 3.63) is 41.9 Å². The zero-order chi connectivity index (χ0) is 22.0. The number of nitrogens with one attached hydrogen (secondary N) is 2. The smallest absolute Gasteiger partial charge is 0.319 e. The van der Waals surface area contributed by atoms with Crippen LogP contribution >= 0.6 is 0 Å². The first-order chi connectivity index (χ1) is 14.2. The molecule has 2 amide bonds. The first-order valence-electron chi connectivity index (χ1n) is 9.64. The van der Waals surface area contributed by atoms with Gasteiger partial charge < -0.3 is 25.7 Å². The Labute approximate surface area is 174 Å². The average molecular weight is 410 g/mol. The second kappa shape index (κ2) is 8.40. The van der Waals surface area contributed by atoms with Crippen molar-refractivity contribution < 1.29 is 14.3 Å². The lowest BCUT2D eigenvalue weighted by Gasteiger charge is -2.14. The number of benzene rings is 1. The molecule has 0 saturated carbocycles. The van der Waals surface area contributed by atoms with Gasteiger partial charge in [0.05, 0.1) is 23.7 Å². The Morgan fingerprint density at radius 1 is 1.17 bits per heavy atom. The molecule has 4 N–H and O–H groups in total. The van der Waals surface area contributed by atoms with Gasteiger partial charge >= 0.3 is 6.03 Å². The van der Waals surface area contributed by atoms with Crippen LogP contribution < -0.4 is 21.1 Å². The molecule has 158 valence electrons. The molecule has 0 atom stereocenters. The Morgan fingerprint density at radius 2 is 1.90 bits per heavy atom. The lowest BCUT2D eigenvalue weighted by atomic mass is 10.0. The number of aromatic nitrogens is 3.